The monoisotopic (exact) mass is 343 g/mol. The zero-order chi connectivity index (χ0) is 16.6. The van der Waals surface area contributed by atoms with Crippen LogP contribution in [0.1, 0.15) is 50.3 Å². The van der Waals surface area contributed by atoms with Gasteiger partial charge in [-0.05, 0) is 66.3 Å². The Kier molecular flexibility index (Phi) is 3.10. The molecule has 2 unspecified atom stereocenters. The fraction of sp³-hybridized carbons (Fsp3) is 0.632. The second-order valence-corrected chi connectivity index (χ2v) is 9.35. The van der Waals surface area contributed by atoms with Gasteiger partial charge in [0, 0.05) is 12.6 Å². The van der Waals surface area contributed by atoms with Crippen LogP contribution in [0.3, 0.4) is 0 Å². The molecular formula is C19H25N3OS. The van der Waals surface area contributed by atoms with E-state index in [0.29, 0.717) is 11.0 Å². The molecule has 0 amide bonds. The first-order valence-corrected chi connectivity index (χ1v) is 9.91. The van der Waals surface area contributed by atoms with Crippen LogP contribution in [0.25, 0.3) is 10.2 Å². The summed E-state index contributed by atoms with van der Waals surface area (Å²) < 4.78 is 1.09. The van der Waals surface area contributed by atoms with E-state index in [-0.39, 0.29) is 11.5 Å². The van der Waals surface area contributed by atoms with Gasteiger partial charge in [0.1, 0.15) is 0 Å². The lowest BCUT2D eigenvalue weighted by Crippen LogP contribution is -2.59. The summed E-state index contributed by atoms with van der Waals surface area (Å²) in [5.74, 6) is 1.31. The van der Waals surface area contributed by atoms with Gasteiger partial charge in [0.05, 0.1) is 16.3 Å². The fourth-order valence-electron chi connectivity index (χ4n) is 5.07. The maximum Gasteiger partial charge on any atom is 0.181 e. The van der Waals surface area contributed by atoms with Crippen molar-refractivity contribution in [2.75, 3.05) is 18.8 Å². The molecule has 128 valence electrons. The number of hydrogen-bond acceptors (Lipinski definition) is 5. The fourth-order valence-corrected chi connectivity index (χ4v) is 5.84. The van der Waals surface area contributed by atoms with Gasteiger partial charge >= 0.3 is 0 Å². The van der Waals surface area contributed by atoms with E-state index in [1.54, 1.807) is 0 Å². The van der Waals surface area contributed by atoms with Crippen molar-refractivity contribution in [3.63, 3.8) is 0 Å². The Morgan fingerprint density at radius 2 is 2.21 bits per heavy atom. The van der Waals surface area contributed by atoms with Crippen molar-refractivity contribution in [1.29, 1.82) is 0 Å². The van der Waals surface area contributed by atoms with E-state index in [4.69, 9.17) is 5.73 Å². The molecule has 0 spiro atoms. The van der Waals surface area contributed by atoms with Crippen molar-refractivity contribution < 1.29 is 5.11 Å². The van der Waals surface area contributed by atoms with Crippen LogP contribution in [0.5, 0.6) is 0 Å². The number of aliphatic hydroxyl groups is 1. The molecule has 2 bridgehead atoms. The van der Waals surface area contributed by atoms with Gasteiger partial charge in [-0.2, -0.15) is 0 Å². The molecule has 1 saturated heterocycles. The summed E-state index contributed by atoms with van der Waals surface area (Å²) in [6.07, 6.45) is 3.47. The first-order chi connectivity index (χ1) is 11.5. The number of likely N-dealkylation sites (tertiary alicyclic amines) is 1. The highest BCUT2D eigenvalue weighted by molar-refractivity contribution is 7.22. The van der Waals surface area contributed by atoms with Gasteiger partial charge in [0.25, 0.3) is 0 Å². The van der Waals surface area contributed by atoms with E-state index < -0.39 is 6.10 Å². The van der Waals surface area contributed by atoms with Crippen molar-refractivity contribution >= 4 is 26.7 Å². The Bertz CT molecular complexity index is 814. The van der Waals surface area contributed by atoms with Crippen LogP contribution < -0.4 is 5.73 Å². The van der Waals surface area contributed by atoms with Gasteiger partial charge in [0.15, 0.2) is 5.13 Å². The minimum atomic E-state index is -0.408. The summed E-state index contributed by atoms with van der Waals surface area (Å²) in [6, 6.07) is 4.59. The third-order valence-electron chi connectivity index (χ3n) is 6.88. The van der Waals surface area contributed by atoms with Crippen LogP contribution in [-0.2, 0) is 5.41 Å². The van der Waals surface area contributed by atoms with Crippen LogP contribution in [0.15, 0.2) is 12.1 Å². The smallest absolute Gasteiger partial charge is 0.181 e. The number of hydrogen-bond donors (Lipinski definition) is 2. The summed E-state index contributed by atoms with van der Waals surface area (Å²) in [5, 5.41) is 11.8. The van der Waals surface area contributed by atoms with Crippen molar-refractivity contribution in [2.24, 2.45) is 11.8 Å². The molecular weight excluding hydrogens is 318 g/mol. The maximum atomic E-state index is 11.2. The number of rotatable bonds is 2. The van der Waals surface area contributed by atoms with Gasteiger partial charge in [-0.25, -0.2) is 4.98 Å². The minimum absolute atomic E-state index is 0.117. The highest BCUT2D eigenvalue weighted by Gasteiger charge is 2.52. The Labute approximate surface area is 146 Å². The largest absolute Gasteiger partial charge is 0.387 e. The maximum absolute atomic E-state index is 11.2. The van der Waals surface area contributed by atoms with Gasteiger partial charge in [-0.3, -0.25) is 4.90 Å². The minimum Gasteiger partial charge on any atom is -0.387 e. The number of nitrogens with two attached hydrogens (primary N) is 1. The van der Waals surface area contributed by atoms with Crippen LogP contribution in [0, 0.1) is 11.8 Å². The molecule has 4 atom stereocenters. The molecule has 24 heavy (non-hydrogen) atoms. The predicted octanol–water partition coefficient (Wildman–Crippen LogP) is 3.30. The van der Waals surface area contributed by atoms with E-state index in [0.717, 1.165) is 41.2 Å². The molecule has 1 saturated carbocycles. The third-order valence-corrected chi connectivity index (χ3v) is 7.73. The number of nitrogens with zero attached hydrogens (tertiary/aromatic N) is 2. The Hall–Kier alpha value is -1.17. The van der Waals surface area contributed by atoms with Crippen LogP contribution >= 0.6 is 11.3 Å². The van der Waals surface area contributed by atoms with Crippen molar-refractivity contribution in [3.8, 4) is 0 Å². The highest BCUT2D eigenvalue weighted by Crippen LogP contribution is 2.53. The summed E-state index contributed by atoms with van der Waals surface area (Å²) in [6.45, 7) is 6.96. The van der Waals surface area contributed by atoms with Crippen molar-refractivity contribution in [1.82, 2.24) is 9.88 Å². The Balaban J connectivity index is 1.65. The van der Waals surface area contributed by atoms with Crippen molar-refractivity contribution in [3.05, 3.63) is 23.3 Å². The number of benzene rings is 1. The standard InChI is InChI=1S/C19H25N3OS/c1-10-16-17(23)12-7-15-14(21-18(20)24-15)8-13(12)19(10,2)5-6-22(16)9-11-3-4-11/h7-8,10-11,16-17,23H,3-6,9H2,1-2H3,(H2,20,21)/t10-,16?,17?,19+/m0/s1. The first kappa shape index (κ1) is 15.1. The number of aromatic nitrogens is 1. The lowest BCUT2D eigenvalue weighted by molar-refractivity contribution is -0.0537. The molecule has 3 aliphatic rings. The number of piperidine rings is 1. The van der Waals surface area contributed by atoms with E-state index in [1.807, 2.05) is 0 Å². The normalized spacial score (nSPS) is 36.0. The second kappa shape index (κ2) is 4.93. The van der Waals surface area contributed by atoms with Gasteiger partial charge in [-0.15, -0.1) is 0 Å². The molecule has 4 nitrogen and oxygen atoms in total. The van der Waals surface area contributed by atoms with Crippen LogP contribution in [0.4, 0.5) is 5.13 Å². The second-order valence-electron chi connectivity index (χ2n) is 8.29. The Morgan fingerprint density at radius 1 is 1.42 bits per heavy atom. The lowest BCUT2D eigenvalue weighted by atomic mass is 9.58. The van der Waals surface area contributed by atoms with Gasteiger partial charge in [-0.1, -0.05) is 25.2 Å². The molecule has 3 N–H and O–H groups in total. The molecule has 1 aromatic carbocycles. The van der Waals surface area contributed by atoms with Gasteiger partial charge < -0.3 is 10.8 Å². The molecule has 0 radical (unpaired) electrons. The highest BCUT2D eigenvalue weighted by atomic mass is 32.1. The lowest BCUT2D eigenvalue weighted by Gasteiger charge is -2.56. The number of fused-ring (bicyclic) bond motifs is 5. The number of nitrogen functional groups attached to an aromatic ring is 1. The molecule has 2 aliphatic carbocycles. The van der Waals surface area contributed by atoms with E-state index >= 15 is 0 Å². The van der Waals surface area contributed by atoms with Crippen molar-refractivity contribution in [2.45, 2.75) is 50.7 Å². The number of anilines is 1. The average Bonchev–Trinajstić information content (AvgIpc) is 3.27. The molecule has 1 aromatic heterocycles. The van der Waals surface area contributed by atoms with Gasteiger partial charge in [0.2, 0.25) is 0 Å². The Morgan fingerprint density at radius 3 is 2.96 bits per heavy atom. The van der Waals surface area contributed by atoms with Crippen LogP contribution in [0.2, 0.25) is 0 Å². The SMILES string of the molecule is C[C@H]1C2C(O)c3cc4sc(N)nc4cc3[C@]1(C)CCN2CC1CC1. The summed E-state index contributed by atoms with van der Waals surface area (Å²) >= 11 is 1.52. The number of aliphatic hydroxyl groups excluding tert-OH is 1. The zero-order valence-electron chi connectivity index (χ0n) is 14.3. The molecule has 2 aromatic rings. The third kappa shape index (κ3) is 2.01. The predicted molar refractivity (Wildman–Crippen MR) is 98.2 cm³/mol. The zero-order valence-corrected chi connectivity index (χ0v) is 15.1. The molecule has 2 fully saturated rings. The summed E-state index contributed by atoms with van der Waals surface area (Å²) in [5.41, 5.74) is 9.41. The quantitative estimate of drug-likeness (QED) is 0.878. The average molecular weight is 343 g/mol. The molecule has 5 rings (SSSR count). The number of thiazole rings is 1. The first-order valence-electron chi connectivity index (χ1n) is 9.10. The molecule has 2 heterocycles. The summed E-state index contributed by atoms with van der Waals surface area (Å²) in [7, 11) is 0. The summed E-state index contributed by atoms with van der Waals surface area (Å²) in [4.78, 5) is 7.05. The molecule has 1 aliphatic heterocycles. The topological polar surface area (TPSA) is 62.4 Å². The van der Waals surface area contributed by atoms with E-state index in [1.165, 1.54) is 29.7 Å². The van der Waals surface area contributed by atoms with E-state index in [9.17, 15) is 5.11 Å². The van der Waals surface area contributed by atoms with E-state index in [2.05, 4.69) is 35.9 Å². The molecule has 5 heteroatoms. The van der Waals surface area contributed by atoms with Crippen LogP contribution in [-0.4, -0.2) is 34.1 Å².